The van der Waals surface area contributed by atoms with E-state index in [1.165, 1.54) is 26.2 Å². The van der Waals surface area contributed by atoms with Crippen molar-refractivity contribution in [1.29, 1.82) is 5.41 Å². The highest BCUT2D eigenvalue weighted by Gasteiger charge is 2.58. The van der Waals surface area contributed by atoms with Crippen molar-refractivity contribution in [3.8, 4) is 5.75 Å². The van der Waals surface area contributed by atoms with E-state index in [0.717, 1.165) is 16.9 Å². The van der Waals surface area contributed by atoms with Crippen molar-refractivity contribution < 1.29 is 51.1 Å². The van der Waals surface area contributed by atoms with Gasteiger partial charge in [-0.2, -0.15) is 13.5 Å². The van der Waals surface area contributed by atoms with Crippen LogP contribution in [0.15, 0.2) is 28.7 Å². The SMILES string of the molecule is COC1(CN)CC(NC(=N)c2ccc3c(c2)CCC(C(C)(ON=C(C(=O)NC2C(=O)N(OS(=O)(=O)O)C2(C)C)c2csc(N)n2)C(=O)O)O3)C1. The number of benzene rings is 1. The highest BCUT2D eigenvalue weighted by Crippen LogP contribution is 2.37. The van der Waals surface area contributed by atoms with Crippen molar-refractivity contribution in [3.63, 3.8) is 0 Å². The Balaban J connectivity index is 1.31. The first kappa shape index (κ1) is 36.9. The van der Waals surface area contributed by atoms with E-state index >= 15 is 0 Å². The highest BCUT2D eigenvalue weighted by molar-refractivity contribution is 7.80. The van der Waals surface area contributed by atoms with Crippen molar-refractivity contribution in [1.82, 2.24) is 20.7 Å². The standard InChI is InChI=1S/C29H38N8O11S2/c1-27(2)21(24(39)37(27)48-50(42,43)44)35-23(38)20(17-12-49-26(32)34-17)36-47-28(3,25(40)41)19-8-6-14-9-15(5-7-18(14)46-19)22(31)33-16-10-29(11-16,13-30)45-4/h5,7,9,12,16,19,21H,6,8,10-11,13,30H2,1-4H3,(H2,31,33)(H2,32,34)(H,35,38)(H,40,41)(H,42,43,44). The number of methoxy groups -OCH3 is 1. The summed E-state index contributed by atoms with van der Waals surface area (Å²) in [6, 6.07) is 3.81. The molecule has 2 aliphatic heterocycles. The number of thiazole rings is 1. The number of aryl methyl sites for hydroxylation is 1. The lowest BCUT2D eigenvalue weighted by molar-refractivity contribution is -0.218. The zero-order valence-corrected chi connectivity index (χ0v) is 29.1. The van der Waals surface area contributed by atoms with Gasteiger partial charge in [-0.25, -0.2) is 9.78 Å². The molecular weight excluding hydrogens is 700 g/mol. The zero-order chi connectivity index (χ0) is 36.8. The van der Waals surface area contributed by atoms with Crippen LogP contribution < -0.4 is 26.8 Å². The highest BCUT2D eigenvalue weighted by atomic mass is 32.3. The summed E-state index contributed by atoms with van der Waals surface area (Å²) in [5.41, 5.74) is 8.36. The molecule has 2 amide bonds. The second kappa shape index (κ2) is 13.4. The molecule has 5 rings (SSSR count). The summed E-state index contributed by atoms with van der Waals surface area (Å²) in [6.45, 7) is 4.35. The van der Waals surface area contributed by atoms with Gasteiger partial charge in [-0.05, 0) is 70.2 Å². The largest absolute Gasteiger partial charge is 0.485 e. The number of aromatic nitrogens is 1. The van der Waals surface area contributed by atoms with Gasteiger partial charge < -0.3 is 41.5 Å². The third kappa shape index (κ3) is 7.09. The molecule has 9 N–H and O–H groups in total. The van der Waals surface area contributed by atoms with Crippen LogP contribution in [0.4, 0.5) is 5.13 Å². The molecule has 1 aliphatic carbocycles. The second-order valence-corrected chi connectivity index (χ2v) is 14.8. The Hall–Kier alpha value is -4.41. The van der Waals surface area contributed by atoms with E-state index in [0.29, 0.717) is 42.2 Å². The molecule has 50 heavy (non-hydrogen) atoms. The van der Waals surface area contributed by atoms with Crippen molar-refractivity contribution >= 4 is 56.2 Å². The van der Waals surface area contributed by atoms with E-state index in [1.54, 1.807) is 25.3 Å². The predicted molar refractivity (Wildman–Crippen MR) is 177 cm³/mol. The molecule has 21 heteroatoms. The van der Waals surface area contributed by atoms with Crippen molar-refractivity contribution in [2.75, 3.05) is 19.4 Å². The molecule has 0 bridgehead atoms. The number of anilines is 1. The minimum absolute atomic E-state index is 0.0406. The van der Waals surface area contributed by atoms with E-state index in [4.69, 9.17) is 35.7 Å². The van der Waals surface area contributed by atoms with Gasteiger partial charge in [0.25, 0.3) is 17.4 Å². The maximum Gasteiger partial charge on any atom is 0.418 e. The summed E-state index contributed by atoms with van der Waals surface area (Å²) in [6.07, 6.45) is 0.808. The summed E-state index contributed by atoms with van der Waals surface area (Å²) in [7, 11) is -3.42. The number of carbonyl (C=O) groups is 3. The van der Waals surface area contributed by atoms with Crippen LogP contribution in [0.1, 0.15) is 56.9 Å². The monoisotopic (exact) mass is 738 g/mol. The third-order valence-electron chi connectivity index (χ3n) is 9.15. The first-order valence-electron chi connectivity index (χ1n) is 15.3. The summed E-state index contributed by atoms with van der Waals surface area (Å²) < 4.78 is 47.2. The fraction of sp³-hybridized carbons (Fsp3) is 0.517. The van der Waals surface area contributed by atoms with Crippen LogP contribution >= 0.6 is 11.3 Å². The van der Waals surface area contributed by atoms with Gasteiger partial charge in [0.15, 0.2) is 16.9 Å². The smallest absolute Gasteiger partial charge is 0.418 e. The van der Waals surface area contributed by atoms with Gasteiger partial charge >= 0.3 is 16.4 Å². The van der Waals surface area contributed by atoms with Crippen LogP contribution in [0.2, 0.25) is 0 Å². The number of oxime groups is 1. The van der Waals surface area contributed by atoms with E-state index in [1.807, 2.05) is 0 Å². The number of hydrogen-bond acceptors (Lipinski definition) is 15. The molecule has 1 saturated carbocycles. The summed E-state index contributed by atoms with van der Waals surface area (Å²) in [4.78, 5) is 48.3. The van der Waals surface area contributed by atoms with Crippen LogP contribution in [0.25, 0.3) is 0 Å². The Morgan fingerprint density at radius 1 is 1.30 bits per heavy atom. The minimum atomic E-state index is -5.03. The van der Waals surface area contributed by atoms with Crippen LogP contribution in [0, 0.1) is 5.41 Å². The topological polar surface area (TPSA) is 291 Å². The lowest BCUT2D eigenvalue weighted by atomic mass is 9.75. The number of rotatable bonds is 13. The molecule has 2 fully saturated rings. The molecule has 0 radical (unpaired) electrons. The van der Waals surface area contributed by atoms with E-state index in [2.05, 4.69) is 25.1 Å². The van der Waals surface area contributed by atoms with E-state index < -0.39 is 57.2 Å². The summed E-state index contributed by atoms with van der Waals surface area (Å²) >= 11 is 0.958. The van der Waals surface area contributed by atoms with Crippen LogP contribution in [0.3, 0.4) is 0 Å². The molecule has 0 spiro atoms. The molecule has 1 aromatic carbocycles. The Bertz CT molecular complexity index is 1840. The molecule has 19 nitrogen and oxygen atoms in total. The molecule has 1 saturated heterocycles. The van der Waals surface area contributed by atoms with Crippen LogP contribution in [-0.2, 0) is 45.1 Å². The predicted octanol–water partition coefficient (Wildman–Crippen LogP) is -0.0556. The number of nitrogens with two attached hydrogens (primary N) is 2. The van der Waals surface area contributed by atoms with Gasteiger partial charge in [-0.15, -0.1) is 15.6 Å². The Morgan fingerprint density at radius 3 is 2.56 bits per heavy atom. The molecule has 272 valence electrons. The van der Waals surface area contributed by atoms with E-state index in [-0.39, 0.29) is 34.7 Å². The fourth-order valence-electron chi connectivity index (χ4n) is 5.97. The quantitative estimate of drug-likeness (QED) is 0.0466. The number of aliphatic carboxylic acids is 1. The Morgan fingerprint density at radius 2 is 2.00 bits per heavy atom. The Kier molecular flexibility index (Phi) is 9.86. The van der Waals surface area contributed by atoms with Crippen LogP contribution in [-0.4, -0.2) is 106 Å². The molecular formula is C29H38N8O11S2. The first-order valence-corrected chi connectivity index (χ1v) is 17.5. The van der Waals surface area contributed by atoms with Gasteiger partial charge in [0.1, 0.15) is 23.3 Å². The number of fused-ring (bicyclic) bond motifs is 1. The number of hydroxylamine groups is 2. The fourth-order valence-corrected chi connectivity index (χ4v) is 6.97. The van der Waals surface area contributed by atoms with Crippen molar-refractivity contribution in [3.05, 3.63) is 40.4 Å². The number of nitrogen functional groups attached to an aromatic ring is 1. The average Bonchev–Trinajstić information content (AvgIpc) is 3.48. The van der Waals surface area contributed by atoms with Crippen molar-refractivity contribution in [2.24, 2.45) is 10.9 Å². The van der Waals surface area contributed by atoms with Gasteiger partial charge in [-0.1, -0.05) is 5.16 Å². The number of carboxylic acids is 1. The maximum absolute atomic E-state index is 13.5. The number of amides is 2. The zero-order valence-electron chi connectivity index (χ0n) is 27.5. The average molecular weight is 739 g/mol. The van der Waals surface area contributed by atoms with E-state index in [9.17, 15) is 27.9 Å². The number of ether oxygens (including phenoxy) is 2. The number of amidine groups is 1. The lowest BCUT2D eigenvalue weighted by Gasteiger charge is -2.50. The number of β-lactam (4-membered cyclic amide) rings is 1. The molecule has 3 aliphatic rings. The Labute approximate surface area is 290 Å². The third-order valence-corrected chi connectivity index (χ3v) is 10.2. The van der Waals surface area contributed by atoms with Gasteiger partial charge in [0, 0.05) is 30.6 Å². The summed E-state index contributed by atoms with van der Waals surface area (Å²) in [5, 5.41) is 30.1. The number of hydrogen-bond donors (Lipinski definition) is 7. The lowest BCUT2D eigenvalue weighted by Crippen LogP contribution is -2.76. The molecule has 2 aromatic rings. The second-order valence-electron chi connectivity index (χ2n) is 12.9. The number of nitrogens with one attached hydrogen (secondary N) is 3. The van der Waals surface area contributed by atoms with Crippen molar-refractivity contribution in [2.45, 2.75) is 81.4 Å². The molecule has 3 atom stereocenters. The number of carbonyl (C=O) groups excluding carboxylic acids is 2. The van der Waals surface area contributed by atoms with Crippen LogP contribution in [0.5, 0.6) is 5.75 Å². The first-order chi connectivity index (χ1) is 23.3. The van der Waals surface area contributed by atoms with Gasteiger partial charge in [0.2, 0.25) is 0 Å². The minimum Gasteiger partial charge on any atom is -0.485 e. The number of carboxylic acid groups (broad SMARTS) is 1. The van der Waals surface area contributed by atoms with Gasteiger partial charge in [0.05, 0.1) is 11.1 Å². The normalized spacial score (nSPS) is 25.6. The molecule has 1 aromatic heterocycles. The molecule has 3 heterocycles. The summed E-state index contributed by atoms with van der Waals surface area (Å²) in [5.74, 6) is -2.88. The number of nitrogens with zero attached hydrogens (tertiary/aromatic N) is 3. The maximum atomic E-state index is 13.5. The molecule has 3 unspecified atom stereocenters. The van der Waals surface area contributed by atoms with Gasteiger partial charge in [-0.3, -0.25) is 19.6 Å².